The van der Waals surface area contributed by atoms with Crippen molar-refractivity contribution in [3.8, 4) is 11.6 Å². The maximum absolute atomic E-state index is 13.8. The average molecular weight is 399 g/mol. The van der Waals surface area contributed by atoms with Gasteiger partial charge in [0.15, 0.2) is 13.0 Å². The van der Waals surface area contributed by atoms with Gasteiger partial charge in [0.2, 0.25) is 0 Å². The predicted molar refractivity (Wildman–Crippen MR) is 81.6 cm³/mol. The zero-order valence-corrected chi connectivity index (χ0v) is 14.0. The van der Waals surface area contributed by atoms with Gasteiger partial charge in [-0.15, -0.1) is 0 Å². The van der Waals surface area contributed by atoms with Crippen LogP contribution >= 0.6 is 18.4 Å². The summed E-state index contributed by atoms with van der Waals surface area (Å²) in [5.74, 6) is -2.33. The first-order chi connectivity index (χ1) is 11.5. The highest BCUT2D eigenvalue weighted by Gasteiger charge is 2.32. The Morgan fingerprint density at radius 1 is 1.32 bits per heavy atom. The molecule has 0 N–H and O–H groups in total. The highest BCUT2D eigenvalue weighted by molar-refractivity contribution is 7.80. The second kappa shape index (κ2) is 6.97. The van der Waals surface area contributed by atoms with Gasteiger partial charge >= 0.3 is 6.18 Å². The summed E-state index contributed by atoms with van der Waals surface area (Å²) in [5.41, 5.74) is -1.66. The van der Waals surface area contributed by atoms with E-state index < -0.39 is 41.2 Å². The fourth-order valence-electron chi connectivity index (χ4n) is 1.85. The first kappa shape index (κ1) is 19.1. The molecular formula is C13H8ClF4N2O4P. The normalized spacial score (nSPS) is 12.7. The number of hydrogen-bond donors (Lipinski definition) is 0. The molecule has 1 heterocycles. The van der Waals surface area contributed by atoms with E-state index in [1.165, 1.54) is 6.92 Å². The molecule has 0 radical (unpaired) electrons. The van der Waals surface area contributed by atoms with Crippen molar-refractivity contribution in [2.75, 3.05) is 0 Å². The summed E-state index contributed by atoms with van der Waals surface area (Å²) in [5, 5.41) is 10.6. The fraction of sp³-hybridized carbons (Fsp3) is 0.154. The average Bonchev–Trinajstić information content (AvgIpc) is 2.49. The first-order valence-corrected chi connectivity index (χ1v) is 8.82. The molecule has 0 aliphatic carbocycles. The summed E-state index contributed by atoms with van der Waals surface area (Å²) in [7, 11) is -3.01. The molecule has 134 valence electrons. The standard InChI is InChI=1S/C13H8ClF4N2O4P/c1-6-2-9(20(21)22)11(25(14)23)4-10(6)24-12-8(15)3-7(5-19-12)13(16,17)18/h2-5,25H,1H3. The Kier molecular flexibility index (Phi) is 5.34. The number of ether oxygens (including phenoxy) is 1. The molecule has 1 aromatic carbocycles. The lowest BCUT2D eigenvalue weighted by Crippen LogP contribution is -2.08. The molecule has 2 aromatic rings. The maximum Gasteiger partial charge on any atom is 0.417 e. The molecule has 0 saturated carbocycles. The molecular weight excluding hydrogens is 391 g/mol. The van der Waals surface area contributed by atoms with E-state index in [0.29, 0.717) is 6.20 Å². The van der Waals surface area contributed by atoms with Crippen LogP contribution in [-0.4, -0.2) is 9.91 Å². The van der Waals surface area contributed by atoms with Crippen molar-refractivity contribution in [2.45, 2.75) is 13.1 Å². The predicted octanol–water partition coefficient (Wildman–Crippen LogP) is 4.59. The molecule has 2 rings (SSSR count). The lowest BCUT2D eigenvalue weighted by Gasteiger charge is -2.12. The van der Waals surface area contributed by atoms with Gasteiger partial charge in [0, 0.05) is 12.3 Å². The van der Waals surface area contributed by atoms with Gasteiger partial charge in [0.1, 0.15) is 11.1 Å². The van der Waals surface area contributed by atoms with Gasteiger partial charge in [0.05, 0.1) is 10.5 Å². The number of nitrogens with zero attached hydrogens (tertiary/aromatic N) is 2. The SMILES string of the molecule is Cc1cc([N+](=O)[O-])c([PH](=O)Cl)cc1Oc1ncc(C(F)(F)F)cc1F. The van der Waals surface area contributed by atoms with Crippen LogP contribution < -0.4 is 10.0 Å². The molecule has 12 heteroatoms. The number of rotatable bonds is 4. The topological polar surface area (TPSA) is 82.3 Å². The van der Waals surface area contributed by atoms with Crippen LogP contribution in [0.4, 0.5) is 23.2 Å². The van der Waals surface area contributed by atoms with Crippen molar-refractivity contribution in [3.05, 3.63) is 51.5 Å². The number of hydrogen-bond acceptors (Lipinski definition) is 5. The first-order valence-electron chi connectivity index (χ1n) is 6.40. The molecule has 1 unspecified atom stereocenters. The molecule has 1 atom stereocenters. The summed E-state index contributed by atoms with van der Waals surface area (Å²) >= 11 is 5.45. The molecule has 0 spiro atoms. The van der Waals surface area contributed by atoms with Crippen LogP contribution in [0.5, 0.6) is 11.6 Å². The Balaban J connectivity index is 2.46. The molecule has 0 aliphatic rings. The van der Waals surface area contributed by atoms with Gasteiger partial charge in [-0.1, -0.05) is 11.2 Å². The van der Waals surface area contributed by atoms with Gasteiger partial charge in [0.25, 0.3) is 11.6 Å². The van der Waals surface area contributed by atoms with Crippen LogP contribution in [0.25, 0.3) is 0 Å². The van der Waals surface area contributed by atoms with Gasteiger partial charge in [-0.05, 0) is 24.6 Å². The smallest absolute Gasteiger partial charge is 0.417 e. The van der Waals surface area contributed by atoms with Gasteiger partial charge in [-0.2, -0.15) is 13.2 Å². The van der Waals surface area contributed by atoms with Crippen molar-refractivity contribution in [2.24, 2.45) is 0 Å². The quantitative estimate of drug-likeness (QED) is 0.326. The summed E-state index contributed by atoms with van der Waals surface area (Å²) in [6.45, 7) is 1.37. The van der Waals surface area contributed by atoms with E-state index in [1.807, 2.05) is 0 Å². The third-order valence-corrected chi connectivity index (χ3v) is 4.48. The fourth-order valence-corrected chi connectivity index (χ4v) is 2.91. The third-order valence-electron chi connectivity index (χ3n) is 3.04. The maximum atomic E-state index is 13.8. The van der Waals surface area contributed by atoms with Crippen molar-refractivity contribution in [1.82, 2.24) is 4.98 Å². The summed E-state index contributed by atoms with van der Waals surface area (Å²) < 4.78 is 67.8. The number of alkyl halides is 3. The van der Waals surface area contributed by atoms with E-state index in [2.05, 4.69) is 4.98 Å². The van der Waals surface area contributed by atoms with E-state index in [9.17, 15) is 32.2 Å². The molecule has 25 heavy (non-hydrogen) atoms. The van der Waals surface area contributed by atoms with Crippen molar-refractivity contribution in [3.63, 3.8) is 0 Å². The van der Waals surface area contributed by atoms with Gasteiger partial charge in [-0.25, -0.2) is 9.37 Å². The van der Waals surface area contributed by atoms with E-state index in [-0.39, 0.29) is 22.7 Å². The Hall–Kier alpha value is -2.19. The minimum Gasteiger partial charge on any atom is -0.436 e. The third kappa shape index (κ3) is 4.26. The Morgan fingerprint density at radius 3 is 2.44 bits per heavy atom. The Bertz CT molecular complexity index is 876. The summed E-state index contributed by atoms with van der Waals surface area (Å²) in [4.78, 5) is 13.4. The lowest BCUT2D eigenvalue weighted by molar-refractivity contribution is -0.383. The molecule has 0 fully saturated rings. The van der Waals surface area contributed by atoms with Crippen molar-refractivity contribution < 1.29 is 31.8 Å². The largest absolute Gasteiger partial charge is 0.436 e. The number of benzene rings is 1. The number of nitro groups is 1. The highest BCUT2D eigenvalue weighted by Crippen LogP contribution is 2.36. The zero-order valence-electron chi connectivity index (χ0n) is 12.2. The monoisotopic (exact) mass is 398 g/mol. The number of halogens is 5. The van der Waals surface area contributed by atoms with E-state index in [1.54, 1.807) is 0 Å². The summed E-state index contributed by atoms with van der Waals surface area (Å²) in [6, 6.07) is 2.19. The van der Waals surface area contributed by atoms with Crippen LogP contribution in [0.2, 0.25) is 0 Å². The van der Waals surface area contributed by atoms with E-state index in [4.69, 9.17) is 16.0 Å². The molecule has 6 nitrogen and oxygen atoms in total. The minimum absolute atomic E-state index is 0.150. The number of aryl methyl sites for hydroxylation is 1. The van der Waals surface area contributed by atoms with Crippen LogP contribution in [0, 0.1) is 22.9 Å². The Labute approximate surface area is 143 Å². The Morgan fingerprint density at radius 2 is 1.96 bits per heavy atom. The number of aromatic nitrogens is 1. The van der Waals surface area contributed by atoms with Crippen LogP contribution in [-0.2, 0) is 10.7 Å². The minimum atomic E-state index is -4.78. The summed E-state index contributed by atoms with van der Waals surface area (Å²) in [6.07, 6.45) is -4.40. The number of pyridine rings is 1. The van der Waals surface area contributed by atoms with Crippen LogP contribution in [0.15, 0.2) is 24.4 Å². The molecule has 0 aliphatic heterocycles. The highest BCUT2D eigenvalue weighted by atomic mass is 35.7. The van der Waals surface area contributed by atoms with E-state index in [0.717, 1.165) is 12.1 Å². The van der Waals surface area contributed by atoms with E-state index >= 15 is 0 Å². The van der Waals surface area contributed by atoms with Crippen molar-refractivity contribution >= 4 is 29.4 Å². The van der Waals surface area contributed by atoms with Crippen molar-refractivity contribution in [1.29, 1.82) is 0 Å². The zero-order chi connectivity index (χ0) is 18.9. The molecule has 1 aromatic heterocycles. The van der Waals surface area contributed by atoms with Gasteiger partial charge in [-0.3, -0.25) is 10.1 Å². The number of nitro benzene ring substituents is 1. The van der Waals surface area contributed by atoms with Crippen LogP contribution in [0.3, 0.4) is 0 Å². The second-order valence-electron chi connectivity index (χ2n) is 4.78. The lowest BCUT2D eigenvalue weighted by atomic mass is 10.2. The van der Waals surface area contributed by atoms with Gasteiger partial charge < -0.3 is 9.30 Å². The molecule has 0 bridgehead atoms. The molecule has 0 amide bonds. The van der Waals surface area contributed by atoms with Crippen LogP contribution in [0.1, 0.15) is 11.1 Å². The second-order valence-corrected chi connectivity index (χ2v) is 6.89. The molecule has 0 saturated heterocycles.